The molecule has 100 valence electrons. The SMILES string of the molecule is O=C(c1ccc2cc[nH]c2c1)N1CCOCC1CO. The van der Waals surface area contributed by atoms with Crippen LogP contribution in [0.25, 0.3) is 10.9 Å². The summed E-state index contributed by atoms with van der Waals surface area (Å²) < 4.78 is 5.29. The molecule has 1 unspecified atom stereocenters. The van der Waals surface area contributed by atoms with Gasteiger partial charge in [0.05, 0.1) is 25.9 Å². The Balaban J connectivity index is 1.89. The fourth-order valence-corrected chi connectivity index (χ4v) is 2.42. The third-order valence-corrected chi connectivity index (χ3v) is 3.50. The van der Waals surface area contributed by atoms with Gasteiger partial charge >= 0.3 is 0 Å². The molecule has 1 saturated heterocycles. The number of nitrogens with zero attached hydrogens (tertiary/aromatic N) is 1. The summed E-state index contributed by atoms with van der Waals surface area (Å²) in [6.07, 6.45) is 1.85. The Hall–Kier alpha value is -1.85. The number of H-pyrrole nitrogens is 1. The maximum atomic E-state index is 12.5. The number of aliphatic hydroxyl groups excluding tert-OH is 1. The van der Waals surface area contributed by atoms with Crippen molar-refractivity contribution in [2.75, 3.05) is 26.4 Å². The molecule has 0 spiro atoms. The number of nitrogens with one attached hydrogen (secondary N) is 1. The Bertz CT molecular complexity index is 593. The summed E-state index contributed by atoms with van der Waals surface area (Å²) in [6.45, 7) is 1.36. The van der Waals surface area contributed by atoms with Gasteiger partial charge in [-0.05, 0) is 23.6 Å². The number of morpholine rings is 1. The van der Waals surface area contributed by atoms with E-state index in [-0.39, 0.29) is 18.6 Å². The normalized spacial score (nSPS) is 19.8. The van der Waals surface area contributed by atoms with E-state index in [2.05, 4.69) is 4.98 Å². The number of hydrogen-bond donors (Lipinski definition) is 2. The fourth-order valence-electron chi connectivity index (χ4n) is 2.42. The number of carbonyl (C=O) groups is 1. The van der Waals surface area contributed by atoms with Crippen LogP contribution in [0.5, 0.6) is 0 Å². The minimum absolute atomic E-state index is 0.0566. The van der Waals surface area contributed by atoms with Crippen molar-refractivity contribution < 1.29 is 14.6 Å². The third kappa shape index (κ3) is 2.22. The highest BCUT2D eigenvalue weighted by atomic mass is 16.5. The average Bonchev–Trinajstić information content (AvgIpc) is 2.93. The average molecular weight is 260 g/mol. The molecule has 1 aliphatic rings. The summed E-state index contributed by atoms with van der Waals surface area (Å²) in [7, 11) is 0. The summed E-state index contributed by atoms with van der Waals surface area (Å²) in [6, 6.07) is 7.31. The Morgan fingerprint density at radius 3 is 3.21 bits per heavy atom. The first-order valence-corrected chi connectivity index (χ1v) is 6.36. The quantitative estimate of drug-likeness (QED) is 0.846. The van der Waals surface area contributed by atoms with E-state index in [0.29, 0.717) is 25.3 Å². The number of carbonyl (C=O) groups excluding carboxylic acids is 1. The van der Waals surface area contributed by atoms with Crippen LogP contribution < -0.4 is 0 Å². The first-order chi connectivity index (χ1) is 9.29. The molecular formula is C14H16N2O3. The van der Waals surface area contributed by atoms with Crippen LogP contribution in [0.3, 0.4) is 0 Å². The topological polar surface area (TPSA) is 65.6 Å². The van der Waals surface area contributed by atoms with Crippen LogP contribution >= 0.6 is 0 Å². The monoisotopic (exact) mass is 260 g/mol. The van der Waals surface area contributed by atoms with Crippen molar-refractivity contribution >= 4 is 16.8 Å². The lowest BCUT2D eigenvalue weighted by Crippen LogP contribution is -2.50. The third-order valence-electron chi connectivity index (χ3n) is 3.50. The van der Waals surface area contributed by atoms with Crippen molar-refractivity contribution in [3.8, 4) is 0 Å². The van der Waals surface area contributed by atoms with Gasteiger partial charge in [0, 0.05) is 23.8 Å². The lowest BCUT2D eigenvalue weighted by molar-refractivity contribution is -0.0183. The van der Waals surface area contributed by atoms with Crippen LogP contribution in [-0.2, 0) is 4.74 Å². The number of ether oxygens (including phenoxy) is 1. The van der Waals surface area contributed by atoms with Gasteiger partial charge in [-0.2, -0.15) is 0 Å². The molecular weight excluding hydrogens is 244 g/mol. The molecule has 2 heterocycles. The van der Waals surface area contributed by atoms with Crippen molar-refractivity contribution in [3.05, 3.63) is 36.0 Å². The van der Waals surface area contributed by atoms with E-state index in [9.17, 15) is 9.90 Å². The van der Waals surface area contributed by atoms with Gasteiger partial charge in [-0.3, -0.25) is 4.79 Å². The van der Waals surface area contributed by atoms with E-state index in [1.165, 1.54) is 0 Å². The van der Waals surface area contributed by atoms with Crippen LogP contribution in [0.1, 0.15) is 10.4 Å². The summed E-state index contributed by atoms with van der Waals surface area (Å²) in [5, 5.41) is 10.4. The van der Waals surface area contributed by atoms with Gasteiger partial charge in [0.1, 0.15) is 0 Å². The van der Waals surface area contributed by atoms with E-state index in [0.717, 1.165) is 10.9 Å². The lowest BCUT2D eigenvalue weighted by atomic mass is 10.1. The van der Waals surface area contributed by atoms with Crippen molar-refractivity contribution in [2.24, 2.45) is 0 Å². The Kier molecular flexibility index (Phi) is 3.23. The standard InChI is InChI=1S/C14H16N2O3/c17-8-12-9-19-6-5-16(12)14(18)11-2-1-10-3-4-15-13(10)7-11/h1-4,7,12,15,17H,5-6,8-9H2. The highest BCUT2D eigenvalue weighted by Crippen LogP contribution is 2.17. The van der Waals surface area contributed by atoms with Crippen LogP contribution in [0.2, 0.25) is 0 Å². The molecule has 2 aromatic rings. The van der Waals surface area contributed by atoms with E-state index < -0.39 is 0 Å². The van der Waals surface area contributed by atoms with Crippen molar-refractivity contribution in [1.29, 1.82) is 0 Å². The summed E-state index contributed by atoms with van der Waals surface area (Å²) in [5.74, 6) is -0.0566. The number of aromatic nitrogens is 1. The largest absolute Gasteiger partial charge is 0.394 e. The van der Waals surface area contributed by atoms with E-state index >= 15 is 0 Å². The molecule has 1 aromatic carbocycles. The number of rotatable bonds is 2. The molecule has 5 heteroatoms. The number of hydrogen-bond acceptors (Lipinski definition) is 3. The van der Waals surface area contributed by atoms with Gasteiger partial charge in [-0.1, -0.05) is 6.07 Å². The molecule has 1 aliphatic heterocycles. The molecule has 0 saturated carbocycles. The minimum atomic E-state index is -0.249. The van der Waals surface area contributed by atoms with Crippen LogP contribution in [0.15, 0.2) is 30.5 Å². The first-order valence-electron chi connectivity index (χ1n) is 6.36. The summed E-state index contributed by atoms with van der Waals surface area (Å²) >= 11 is 0. The minimum Gasteiger partial charge on any atom is -0.394 e. The van der Waals surface area contributed by atoms with Gasteiger partial charge in [0.2, 0.25) is 0 Å². The molecule has 19 heavy (non-hydrogen) atoms. The number of fused-ring (bicyclic) bond motifs is 1. The maximum absolute atomic E-state index is 12.5. The molecule has 0 bridgehead atoms. The number of amides is 1. The molecule has 0 aliphatic carbocycles. The zero-order valence-corrected chi connectivity index (χ0v) is 10.5. The van der Waals surface area contributed by atoms with Crippen LogP contribution in [-0.4, -0.2) is 53.3 Å². The van der Waals surface area contributed by atoms with Gasteiger partial charge in [-0.25, -0.2) is 0 Å². The highest BCUT2D eigenvalue weighted by molar-refractivity contribution is 5.98. The van der Waals surface area contributed by atoms with E-state index in [4.69, 9.17) is 4.74 Å². The summed E-state index contributed by atoms with van der Waals surface area (Å²) in [5.41, 5.74) is 1.58. The Labute approximate surface area is 110 Å². The van der Waals surface area contributed by atoms with Crippen LogP contribution in [0, 0.1) is 0 Å². The number of aliphatic hydroxyl groups is 1. The predicted octanol–water partition coefficient (Wildman–Crippen LogP) is 1.00. The van der Waals surface area contributed by atoms with E-state index in [1.54, 1.807) is 4.90 Å². The van der Waals surface area contributed by atoms with E-state index in [1.807, 2.05) is 30.5 Å². The van der Waals surface area contributed by atoms with Crippen molar-refractivity contribution in [3.63, 3.8) is 0 Å². The highest BCUT2D eigenvalue weighted by Gasteiger charge is 2.27. The molecule has 1 atom stereocenters. The molecule has 0 radical (unpaired) electrons. The van der Waals surface area contributed by atoms with Crippen LogP contribution in [0.4, 0.5) is 0 Å². The van der Waals surface area contributed by atoms with Gasteiger partial charge in [-0.15, -0.1) is 0 Å². The maximum Gasteiger partial charge on any atom is 0.254 e. The van der Waals surface area contributed by atoms with Crippen molar-refractivity contribution in [1.82, 2.24) is 9.88 Å². The van der Waals surface area contributed by atoms with Crippen molar-refractivity contribution in [2.45, 2.75) is 6.04 Å². The number of benzene rings is 1. The Morgan fingerprint density at radius 1 is 1.47 bits per heavy atom. The first kappa shape index (κ1) is 12.2. The van der Waals surface area contributed by atoms with Gasteiger partial charge in [0.15, 0.2) is 0 Å². The number of aromatic amines is 1. The molecule has 1 amide bonds. The van der Waals surface area contributed by atoms with Gasteiger partial charge < -0.3 is 19.7 Å². The summed E-state index contributed by atoms with van der Waals surface area (Å²) in [4.78, 5) is 17.3. The second-order valence-corrected chi connectivity index (χ2v) is 4.69. The molecule has 5 nitrogen and oxygen atoms in total. The second kappa shape index (κ2) is 5.03. The molecule has 3 rings (SSSR count). The molecule has 1 fully saturated rings. The van der Waals surface area contributed by atoms with Gasteiger partial charge in [0.25, 0.3) is 5.91 Å². The molecule has 1 aromatic heterocycles. The second-order valence-electron chi connectivity index (χ2n) is 4.69. The zero-order chi connectivity index (χ0) is 13.2. The smallest absolute Gasteiger partial charge is 0.254 e. The zero-order valence-electron chi connectivity index (χ0n) is 10.5. The Morgan fingerprint density at radius 2 is 2.37 bits per heavy atom. The lowest BCUT2D eigenvalue weighted by Gasteiger charge is -2.34. The fraction of sp³-hybridized carbons (Fsp3) is 0.357. The predicted molar refractivity (Wildman–Crippen MR) is 71.0 cm³/mol. The molecule has 2 N–H and O–H groups in total.